The molecular weight excluding hydrogens is 149 g/mol. The Labute approximate surface area is 71.0 Å². The number of rotatable bonds is 3. The third-order valence-electron chi connectivity index (χ3n) is 1.34. The summed E-state index contributed by atoms with van der Waals surface area (Å²) in [5.74, 6) is 0. The molecule has 0 radical (unpaired) electrons. The van der Waals surface area contributed by atoms with Gasteiger partial charge in [0, 0.05) is 0 Å². The maximum absolute atomic E-state index is 4.78. The Bertz CT molecular complexity index is 34.5. The molecule has 0 atom stereocenters. The Morgan fingerprint density at radius 1 is 1.00 bits per heavy atom. The zero-order valence-electron chi connectivity index (χ0n) is 6.95. The predicted molar refractivity (Wildman–Crippen MR) is 47.9 cm³/mol. The standard InChI is InChI=1S/C6H15N.Al.ClH.2H/c1-4-7(5-2)6-3;;;;/h4-6H2,1-3H3;;1H;;/q;+1;;;/p-1. The number of hydrogen-bond donors (Lipinski definition) is 0. The Morgan fingerprint density at radius 3 is 1.22 bits per heavy atom. The molecule has 0 fully saturated rings. The van der Waals surface area contributed by atoms with Crippen molar-refractivity contribution in [1.82, 2.24) is 4.90 Å². The Balaban J connectivity index is 0. The van der Waals surface area contributed by atoms with Gasteiger partial charge in [0.15, 0.2) is 0 Å². The molecule has 0 bridgehead atoms. The zero-order valence-corrected chi connectivity index (χ0v) is 9.70. The summed E-state index contributed by atoms with van der Waals surface area (Å²) in [4.78, 5) is 2.38. The van der Waals surface area contributed by atoms with E-state index in [-0.39, 0.29) is 0 Å². The lowest BCUT2D eigenvalue weighted by Gasteiger charge is -2.13. The minimum atomic E-state index is 0.778. The molecule has 0 aliphatic carbocycles. The van der Waals surface area contributed by atoms with Crippen LogP contribution < -0.4 is 0 Å². The molecule has 9 heavy (non-hydrogen) atoms. The van der Waals surface area contributed by atoms with Crippen molar-refractivity contribution in [3.05, 3.63) is 0 Å². The summed E-state index contributed by atoms with van der Waals surface area (Å²) in [6.07, 6.45) is 0. The summed E-state index contributed by atoms with van der Waals surface area (Å²) in [6.45, 7) is 10.1. The van der Waals surface area contributed by atoms with Crippen molar-refractivity contribution in [3.8, 4) is 0 Å². The van der Waals surface area contributed by atoms with E-state index >= 15 is 0 Å². The van der Waals surface area contributed by atoms with Crippen LogP contribution in [-0.2, 0) is 0 Å². The summed E-state index contributed by atoms with van der Waals surface area (Å²) < 4.78 is 0. The summed E-state index contributed by atoms with van der Waals surface area (Å²) in [5.41, 5.74) is 0. The van der Waals surface area contributed by atoms with E-state index in [9.17, 15) is 0 Å². The molecule has 3 heteroatoms. The minimum Gasteiger partial charge on any atom is -0.304 e. The maximum atomic E-state index is 4.78. The highest BCUT2D eigenvalue weighted by Crippen LogP contribution is 1.81. The lowest BCUT2D eigenvalue weighted by Crippen LogP contribution is -2.21. The Kier molecular flexibility index (Phi) is 16.0. The van der Waals surface area contributed by atoms with Crippen LogP contribution >= 0.6 is 10.0 Å². The summed E-state index contributed by atoms with van der Waals surface area (Å²) in [7, 11) is 4.78. The molecule has 0 saturated carbocycles. The van der Waals surface area contributed by atoms with Gasteiger partial charge in [0.05, 0.1) is 0 Å². The monoisotopic (exact) mass is 165 g/mol. The lowest BCUT2D eigenvalue weighted by molar-refractivity contribution is 0.321. The van der Waals surface area contributed by atoms with Gasteiger partial charge in [0.2, 0.25) is 0 Å². The SMILES string of the molecule is CCN(CC)CC.[AlH2][Cl]. The van der Waals surface area contributed by atoms with Gasteiger partial charge in [-0.2, -0.15) is 0 Å². The van der Waals surface area contributed by atoms with E-state index in [1.807, 2.05) is 0 Å². The second kappa shape index (κ2) is 11.6. The topological polar surface area (TPSA) is 3.24 Å². The molecule has 0 aliphatic rings. The Hall–Kier alpha value is 0.782. The largest absolute Gasteiger partial charge is 0.353 e. The molecular formula is C6H17AlClN. The van der Waals surface area contributed by atoms with E-state index in [0.29, 0.717) is 0 Å². The molecule has 0 aromatic heterocycles. The van der Waals surface area contributed by atoms with Crippen molar-refractivity contribution in [1.29, 1.82) is 0 Å². The molecule has 0 aromatic carbocycles. The normalized spacial score (nSPS) is 8.56. The summed E-state index contributed by atoms with van der Waals surface area (Å²) >= 11 is 0.778. The molecule has 0 aromatic rings. The van der Waals surface area contributed by atoms with Gasteiger partial charge in [-0.15, -0.1) is 0 Å². The van der Waals surface area contributed by atoms with E-state index in [1.54, 1.807) is 0 Å². The first-order valence-corrected chi connectivity index (χ1v) is 6.47. The quantitative estimate of drug-likeness (QED) is 0.567. The molecule has 0 amide bonds. The van der Waals surface area contributed by atoms with Crippen LogP contribution in [0.1, 0.15) is 20.8 Å². The molecule has 56 valence electrons. The van der Waals surface area contributed by atoms with Crippen LogP contribution in [0.5, 0.6) is 0 Å². The van der Waals surface area contributed by atoms with Gasteiger partial charge >= 0.3 is 15.4 Å². The van der Waals surface area contributed by atoms with Gasteiger partial charge in [-0.25, -0.2) is 0 Å². The molecule has 0 spiro atoms. The van der Waals surface area contributed by atoms with Crippen molar-refractivity contribution < 1.29 is 0 Å². The van der Waals surface area contributed by atoms with Crippen molar-refractivity contribution in [2.24, 2.45) is 0 Å². The van der Waals surface area contributed by atoms with Crippen LogP contribution in [0.25, 0.3) is 0 Å². The minimum absolute atomic E-state index is 0.778. The fourth-order valence-corrected chi connectivity index (χ4v) is 0.671. The second-order valence-corrected chi connectivity index (χ2v) is 1.62. The zero-order chi connectivity index (χ0) is 7.70. The third kappa shape index (κ3) is 8.78. The molecule has 0 unspecified atom stereocenters. The first-order chi connectivity index (χ1) is 4.35. The fourth-order valence-electron chi connectivity index (χ4n) is 0.671. The van der Waals surface area contributed by atoms with Crippen LogP contribution in [-0.4, -0.2) is 39.9 Å². The van der Waals surface area contributed by atoms with Crippen molar-refractivity contribution in [2.75, 3.05) is 19.6 Å². The van der Waals surface area contributed by atoms with Crippen molar-refractivity contribution in [2.45, 2.75) is 20.8 Å². The molecule has 0 saturated heterocycles. The van der Waals surface area contributed by atoms with E-state index in [0.717, 1.165) is 15.4 Å². The molecule has 0 rings (SSSR count). The van der Waals surface area contributed by atoms with Crippen molar-refractivity contribution in [3.63, 3.8) is 0 Å². The lowest BCUT2D eigenvalue weighted by atomic mass is 10.5. The van der Waals surface area contributed by atoms with Gasteiger partial charge in [0.1, 0.15) is 0 Å². The first kappa shape index (κ1) is 12.5. The van der Waals surface area contributed by atoms with E-state index in [2.05, 4.69) is 25.7 Å². The molecule has 0 aliphatic heterocycles. The summed E-state index contributed by atoms with van der Waals surface area (Å²) in [5, 5.41) is 0. The van der Waals surface area contributed by atoms with Crippen LogP contribution in [0.2, 0.25) is 0 Å². The number of halogens is 1. The van der Waals surface area contributed by atoms with Crippen LogP contribution in [0.15, 0.2) is 0 Å². The second-order valence-electron chi connectivity index (χ2n) is 1.62. The summed E-state index contributed by atoms with van der Waals surface area (Å²) in [6, 6.07) is 0. The molecule has 0 N–H and O–H groups in total. The molecule has 1 nitrogen and oxygen atoms in total. The van der Waals surface area contributed by atoms with Crippen LogP contribution in [0, 0.1) is 0 Å². The Morgan fingerprint density at radius 2 is 1.22 bits per heavy atom. The van der Waals surface area contributed by atoms with Crippen molar-refractivity contribution >= 4 is 25.4 Å². The van der Waals surface area contributed by atoms with E-state index in [1.165, 1.54) is 19.6 Å². The van der Waals surface area contributed by atoms with Gasteiger partial charge in [0.25, 0.3) is 0 Å². The smallest absolute Gasteiger partial charge is 0.304 e. The van der Waals surface area contributed by atoms with E-state index < -0.39 is 0 Å². The number of hydrogen-bond acceptors (Lipinski definition) is 1. The molecule has 0 heterocycles. The maximum Gasteiger partial charge on any atom is 0.353 e. The highest BCUT2D eigenvalue weighted by atomic mass is 35.6. The first-order valence-electron chi connectivity index (χ1n) is 3.45. The predicted octanol–water partition coefficient (Wildman–Crippen LogP) is 1.12. The average molecular weight is 166 g/mol. The van der Waals surface area contributed by atoms with Gasteiger partial charge < -0.3 is 4.90 Å². The van der Waals surface area contributed by atoms with Crippen LogP contribution in [0.4, 0.5) is 0 Å². The van der Waals surface area contributed by atoms with Gasteiger partial charge in [-0.05, 0) is 19.6 Å². The van der Waals surface area contributed by atoms with E-state index in [4.69, 9.17) is 10.0 Å². The van der Waals surface area contributed by atoms with Gasteiger partial charge in [-0.1, -0.05) is 20.8 Å². The fraction of sp³-hybridized carbons (Fsp3) is 1.00. The highest BCUT2D eigenvalue weighted by molar-refractivity contribution is 6.80. The third-order valence-corrected chi connectivity index (χ3v) is 1.34. The van der Waals surface area contributed by atoms with Gasteiger partial charge in [-0.3, -0.25) is 10.0 Å². The van der Waals surface area contributed by atoms with Crippen LogP contribution in [0.3, 0.4) is 0 Å². The number of nitrogens with zero attached hydrogens (tertiary/aromatic N) is 1. The average Bonchev–Trinajstić information content (AvgIpc) is 1.96. The highest BCUT2D eigenvalue weighted by Gasteiger charge is 1.89.